The number of aliphatic hydroxyl groups excluding tert-OH is 4. The van der Waals surface area contributed by atoms with E-state index in [1.54, 1.807) is 0 Å². The number of ether oxygens (including phenoxy) is 2. The van der Waals surface area contributed by atoms with Crippen LogP contribution in [0.3, 0.4) is 0 Å². The fraction of sp³-hybridized carbons (Fsp3) is 0.885. The molecule has 1 saturated heterocycles. The van der Waals surface area contributed by atoms with Crippen LogP contribution < -0.4 is 0 Å². The first kappa shape index (κ1) is 24.7. The average Bonchev–Trinajstić information content (AvgIpc) is 2.98. The molecule has 5 N–H and O–H groups in total. The lowest BCUT2D eigenvalue weighted by Crippen LogP contribution is -2.62. The summed E-state index contributed by atoms with van der Waals surface area (Å²) in [5.41, 5.74) is -0.496. The Kier molecular flexibility index (Phi) is 5.79. The van der Waals surface area contributed by atoms with Gasteiger partial charge >= 0.3 is 5.97 Å². The molecule has 34 heavy (non-hydrogen) atoms. The largest absolute Gasteiger partial charge is 0.481 e. The summed E-state index contributed by atoms with van der Waals surface area (Å²) in [6.07, 6.45) is 1.13. The average molecular weight is 481 g/mol. The molecule has 0 unspecified atom stereocenters. The van der Waals surface area contributed by atoms with Crippen LogP contribution in [-0.4, -0.2) is 74.4 Å². The summed E-state index contributed by atoms with van der Waals surface area (Å²) in [5.74, 6) is -0.149. The van der Waals surface area contributed by atoms with Crippen molar-refractivity contribution < 1.29 is 39.8 Å². The Morgan fingerprint density at radius 2 is 1.76 bits per heavy atom. The number of aliphatic carboxylic acids is 1. The Balaban J connectivity index is 1.41. The smallest absolute Gasteiger partial charge is 0.309 e. The van der Waals surface area contributed by atoms with Gasteiger partial charge in [0.25, 0.3) is 0 Å². The van der Waals surface area contributed by atoms with Gasteiger partial charge in [-0.15, -0.1) is 0 Å². The summed E-state index contributed by atoms with van der Waals surface area (Å²) in [6, 6.07) is 0. The van der Waals surface area contributed by atoms with E-state index in [1.807, 2.05) is 6.92 Å². The molecule has 192 valence electrons. The van der Waals surface area contributed by atoms with Crippen molar-refractivity contribution in [3.05, 3.63) is 12.2 Å². The number of fused-ring (bicyclic) bond motifs is 3. The third-order valence-corrected chi connectivity index (χ3v) is 10.8. The van der Waals surface area contributed by atoms with Crippen molar-refractivity contribution in [1.29, 1.82) is 0 Å². The molecule has 5 rings (SSSR count). The maximum Gasteiger partial charge on any atom is 0.309 e. The van der Waals surface area contributed by atoms with Crippen LogP contribution in [0.1, 0.15) is 71.6 Å². The molecule has 1 aliphatic heterocycles. The van der Waals surface area contributed by atoms with E-state index >= 15 is 0 Å². The Labute approximate surface area is 201 Å². The van der Waals surface area contributed by atoms with Gasteiger partial charge in [-0.1, -0.05) is 19.9 Å². The maximum atomic E-state index is 12.3. The van der Waals surface area contributed by atoms with E-state index in [4.69, 9.17) is 9.47 Å². The first-order valence-electron chi connectivity index (χ1n) is 12.8. The monoisotopic (exact) mass is 480 g/mol. The van der Waals surface area contributed by atoms with E-state index in [9.17, 15) is 30.3 Å². The zero-order valence-electron chi connectivity index (χ0n) is 20.3. The molecule has 1 heterocycles. The highest BCUT2D eigenvalue weighted by Crippen LogP contribution is 2.73. The van der Waals surface area contributed by atoms with Crippen LogP contribution in [0.5, 0.6) is 0 Å². The Morgan fingerprint density at radius 1 is 1.06 bits per heavy atom. The van der Waals surface area contributed by atoms with Crippen LogP contribution in [-0.2, 0) is 14.3 Å². The molecule has 0 aromatic heterocycles. The molecule has 1 spiro atoms. The van der Waals surface area contributed by atoms with Gasteiger partial charge in [-0.25, -0.2) is 0 Å². The maximum absolute atomic E-state index is 12.3. The van der Waals surface area contributed by atoms with E-state index in [1.165, 1.54) is 0 Å². The van der Waals surface area contributed by atoms with Crippen LogP contribution in [0.15, 0.2) is 12.2 Å². The molecule has 2 bridgehead atoms. The second-order valence-electron chi connectivity index (χ2n) is 12.4. The number of aliphatic hydroxyl groups is 4. The van der Waals surface area contributed by atoms with E-state index in [0.29, 0.717) is 12.3 Å². The molecule has 4 aliphatic carbocycles. The lowest BCUT2D eigenvalue weighted by molar-refractivity contribution is -0.327. The third-order valence-electron chi connectivity index (χ3n) is 10.8. The standard InChI is InChI=1S/C26H40O8/c1-14-11-25-9-5-16-23(2,7-4-8-24(16,3)22(31)32)17(25)6-10-26(14,13-25)34-21-20(30)19(29)18(28)15(12-27)33-21/h15-21,27-30H,1,4-13H2,2-3H3,(H,31,32)/t15-,16-,17-,18-,19+,20-,21+,23+,24-,25+,26-/m1/s1. The molecule has 4 saturated carbocycles. The van der Waals surface area contributed by atoms with Gasteiger partial charge in [0, 0.05) is 0 Å². The minimum Gasteiger partial charge on any atom is -0.481 e. The van der Waals surface area contributed by atoms with Crippen LogP contribution in [0.25, 0.3) is 0 Å². The minimum absolute atomic E-state index is 0.0224. The quantitative estimate of drug-likeness (QED) is 0.304. The fourth-order valence-electron chi connectivity index (χ4n) is 9.15. The summed E-state index contributed by atoms with van der Waals surface area (Å²) >= 11 is 0. The van der Waals surface area contributed by atoms with E-state index in [2.05, 4.69) is 13.5 Å². The molecular weight excluding hydrogens is 440 g/mol. The van der Waals surface area contributed by atoms with Crippen LogP contribution in [0.2, 0.25) is 0 Å². The van der Waals surface area contributed by atoms with Crippen molar-refractivity contribution in [3.8, 4) is 0 Å². The van der Waals surface area contributed by atoms with E-state index in [0.717, 1.165) is 56.9 Å². The first-order chi connectivity index (χ1) is 15.9. The molecule has 0 aromatic carbocycles. The fourth-order valence-corrected chi connectivity index (χ4v) is 9.15. The highest BCUT2D eigenvalue weighted by molar-refractivity contribution is 5.75. The minimum atomic E-state index is -1.47. The summed E-state index contributed by atoms with van der Waals surface area (Å²) in [6.45, 7) is 8.15. The van der Waals surface area contributed by atoms with Crippen molar-refractivity contribution in [2.24, 2.45) is 28.1 Å². The Morgan fingerprint density at radius 3 is 2.44 bits per heavy atom. The molecule has 5 fully saturated rings. The van der Waals surface area contributed by atoms with Gasteiger partial charge in [0.15, 0.2) is 6.29 Å². The molecular formula is C26H40O8. The topological polar surface area (TPSA) is 137 Å². The molecule has 8 heteroatoms. The van der Waals surface area contributed by atoms with Crippen LogP contribution in [0, 0.1) is 28.1 Å². The van der Waals surface area contributed by atoms with Crippen LogP contribution in [0.4, 0.5) is 0 Å². The molecule has 11 atom stereocenters. The number of rotatable bonds is 4. The van der Waals surface area contributed by atoms with E-state index in [-0.39, 0.29) is 16.7 Å². The predicted octanol–water partition coefficient (Wildman–Crippen LogP) is 1.98. The van der Waals surface area contributed by atoms with Gasteiger partial charge < -0.3 is 35.0 Å². The number of carboxylic acids is 1. The highest BCUT2D eigenvalue weighted by Gasteiger charge is 2.68. The number of hydrogen-bond donors (Lipinski definition) is 5. The van der Waals surface area contributed by atoms with Crippen LogP contribution >= 0.6 is 0 Å². The SMILES string of the molecule is C=C1C[C@]23CC[C@@H]4[C@](C)(CCC[C@@]4(C)C(=O)O)[C@H]2CC[C@@]1(O[C@@H]1O[C@H](CO)[C@@H](O)[C@H](O)[C@H]1O)C3. The van der Waals surface area contributed by atoms with Crippen molar-refractivity contribution in [2.75, 3.05) is 6.61 Å². The molecule has 8 nitrogen and oxygen atoms in total. The van der Waals surface area contributed by atoms with Crippen molar-refractivity contribution >= 4 is 5.97 Å². The summed E-state index contributed by atoms with van der Waals surface area (Å²) in [5, 5.41) is 50.6. The Bertz CT molecular complexity index is 860. The zero-order valence-corrected chi connectivity index (χ0v) is 20.3. The van der Waals surface area contributed by atoms with Crippen molar-refractivity contribution in [3.63, 3.8) is 0 Å². The first-order valence-corrected chi connectivity index (χ1v) is 12.8. The van der Waals surface area contributed by atoms with Gasteiger partial charge in [-0.2, -0.15) is 0 Å². The van der Waals surface area contributed by atoms with Gasteiger partial charge in [-0.3, -0.25) is 4.79 Å². The Hall–Kier alpha value is -1.03. The molecule has 5 aliphatic rings. The number of carboxylic acid groups (broad SMARTS) is 1. The van der Waals surface area contributed by atoms with Gasteiger partial charge in [0.1, 0.15) is 24.4 Å². The van der Waals surface area contributed by atoms with Crippen molar-refractivity contribution in [2.45, 2.75) is 108 Å². The summed E-state index contributed by atoms with van der Waals surface area (Å²) < 4.78 is 12.1. The van der Waals surface area contributed by atoms with Gasteiger partial charge in [0.05, 0.1) is 17.6 Å². The zero-order chi connectivity index (χ0) is 24.7. The van der Waals surface area contributed by atoms with E-state index < -0.39 is 54.3 Å². The van der Waals surface area contributed by atoms with Gasteiger partial charge in [-0.05, 0) is 86.5 Å². The number of hydrogen-bond acceptors (Lipinski definition) is 7. The predicted molar refractivity (Wildman–Crippen MR) is 122 cm³/mol. The lowest BCUT2D eigenvalue weighted by atomic mass is 9.41. The second-order valence-corrected chi connectivity index (χ2v) is 12.4. The van der Waals surface area contributed by atoms with Gasteiger partial charge in [0.2, 0.25) is 0 Å². The molecule has 0 aromatic rings. The highest BCUT2D eigenvalue weighted by atomic mass is 16.7. The second kappa shape index (κ2) is 7.98. The van der Waals surface area contributed by atoms with Crippen molar-refractivity contribution in [1.82, 2.24) is 0 Å². The summed E-state index contributed by atoms with van der Waals surface area (Å²) in [7, 11) is 0. The molecule has 0 amide bonds. The summed E-state index contributed by atoms with van der Waals surface area (Å²) in [4.78, 5) is 12.3. The normalized spacial score (nSPS) is 54.9. The number of carbonyl (C=O) groups is 1. The molecule has 0 radical (unpaired) electrons. The third kappa shape index (κ3) is 3.22. The lowest BCUT2D eigenvalue weighted by Gasteiger charge is -2.64.